The second kappa shape index (κ2) is 5.21. The first-order valence-electron chi connectivity index (χ1n) is 5.93. The van der Waals surface area contributed by atoms with Crippen LogP contribution in [0.5, 0.6) is 0 Å². The van der Waals surface area contributed by atoms with Gasteiger partial charge in [0, 0.05) is 20.2 Å². The molecule has 0 spiro atoms. The number of hydrogen-bond donors (Lipinski definition) is 1. The Balaban J connectivity index is 2.08. The zero-order chi connectivity index (χ0) is 11.4. The second-order valence-corrected chi connectivity index (χ2v) is 4.33. The minimum atomic E-state index is 0.412. The van der Waals surface area contributed by atoms with Crippen LogP contribution in [0.1, 0.15) is 19.3 Å². The fourth-order valence-corrected chi connectivity index (χ4v) is 2.32. The number of methoxy groups -OCH3 is 1. The minimum Gasteiger partial charge on any atom is -0.397 e. The molecule has 1 aromatic carbocycles. The lowest BCUT2D eigenvalue weighted by Crippen LogP contribution is -2.25. The number of anilines is 2. The third kappa shape index (κ3) is 2.47. The van der Waals surface area contributed by atoms with Gasteiger partial charge < -0.3 is 15.4 Å². The highest BCUT2D eigenvalue weighted by atomic mass is 16.5. The second-order valence-electron chi connectivity index (χ2n) is 4.33. The average molecular weight is 220 g/mol. The van der Waals surface area contributed by atoms with Crippen LogP contribution in [0.15, 0.2) is 24.3 Å². The van der Waals surface area contributed by atoms with E-state index in [1.54, 1.807) is 7.11 Å². The van der Waals surface area contributed by atoms with E-state index in [9.17, 15) is 0 Å². The predicted molar refractivity (Wildman–Crippen MR) is 67.7 cm³/mol. The smallest absolute Gasteiger partial charge is 0.0599 e. The van der Waals surface area contributed by atoms with Crippen LogP contribution in [0.4, 0.5) is 11.4 Å². The third-order valence-electron chi connectivity index (χ3n) is 3.29. The van der Waals surface area contributed by atoms with Crippen molar-refractivity contribution in [1.82, 2.24) is 0 Å². The van der Waals surface area contributed by atoms with Gasteiger partial charge in [-0.25, -0.2) is 0 Å². The SMILES string of the molecule is COC1CCCN(c2ccccc2N)CC1. The van der Waals surface area contributed by atoms with Gasteiger partial charge in [-0.2, -0.15) is 0 Å². The van der Waals surface area contributed by atoms with E-state index in [1.807, 2.05) is 18.2 Å². The average Bonchev–Trinajstić information content (AvgIpc) is 2.55. The Bertz CT molecular complexity index is 340. The molecule has 0 radical (unpaired) electrons. The largest absolute Gasteiger partial charge is 0.397 e. The first-order chi connectivity index (χ1) is 7.81. The Morgan fingerprint density at radius 3 is 2.81 bits per heavy atom. The van der Waals surface area contributed by atoms with Crippen molar-refractivity contribution >= 4 is 11.4 Å². The van der Waals surface area contributed by atoms with Crippen LogP contribution in [0.2, 0.25) is 0 Å². The lowest BCUT2D eigenvalue weighted by molar-refractivity contribution is 0.0931. The van der Waals surface area contributed by atoms with Crippen molar-refractivity contribution in [2.45, 2.75) is 25.4 Å². The van der Waals surface area contributed by atoms with E-state index >= 15 is 0 Å². The molecule has 16 heavy (non-hydrogen) atoms. The molecule has 1 unspecified atom stereocenters. The summed E-state index contributed by atoms with van der Waals surface area (Å²) in [7, 11) is 1.80. The van der Waals surface area contributed by atoms with Gasteiger partial charge in [0.1, 0.15) is 0 Å². The predicted octanol–water partition coefficient (Wildman–Crippen LogP) is 2.27. The first kappa shape index (κ1) is 11.3. The molecule has 1 atom stereocenters. The van der Waals surface area contributed by atoms with Gasteiger partial charge in [0.15, 0.2) is 0 Å². The van der Waals surface area contributed by atoms with Crippen LogP contribution in [0.3, 0.4) is 0 Å². The molecule has 1 heterocycles. The Morgan fingerprint density at radius 2 is 2.06 bits per heavy atom. The number of rotatable bonds is 2. The Hall–Kier alpha value is -1.22. The Kier molecular flexibility index (Phi) is 3.67. The van der Waals surface area contributed by atoms with Gasteiger partial charge in [-0.15, -0.1) is 0 Å². The lowest BCUT2D eigenvalue weighted by atomic mass is 10.2. The van der Waals surface area contributed by atoms with Gasteiger partial charge in [-0.3, -0.25) is 0 Å². The normalized spacial score (nSPS) is 21.8. The number of para-hydroxylation sites is 2. The topological polar surface area (TPSA) is 38.5 Å². The molecule has 0 aromatic heterocycles. The molecule has 0 aliphatic carbocycles. The van der Waals surface area contributed by atoms with E-state index in [-0.39, 0.29) is 0 Å². The van der Waals surface area contributed by atoms with Gasteiger partial charge in [0.25, 0.3) is 0 Å². The molecular weight excluding hydrogens is 200 g/mol. The van der Waals surface area contributed by atoms with Gasteiger partial charge >= 0.3 is 0 Å². The molecule has 0 amide bonds. The standard InChI is InChI=1S/C13H20N2O/c1-16-11-5-4-9-15(10-8-11)13-7-3-2-6-12(13)14/h2-3,6-7,11H,4-5,8-10,14H2,1H3. The quantitative estimate of drug-likeness (QED) is 0.777. The van der Waals surface area contributed by atoms with Crippen LogP contribution < -0.4 is 10.6 Å². The molecule has 1 fully saturated rings. The van der Waals surface area contributed by atoms with Crippen LogP contribution >= 0.6 is 0 Å². The summed E-state index contributed by atoms with van der Waals surface area (Å²) in [6.07, 6.45) is 3.83. The summed E-state index contributed by atoms with van der Waals surface area (Å²) < 4.78 is 5.43. The maximum atomic E-state index is 6.00. The van der Waals surface area contributed by atoms with Crippen molar-refractivity contribution in [3.8, 4) is 0 Å². The molecule has 1 aromatic rings. The van der Waals surface area contributed by atoms with Gasteiger partial charge in [0.05, 0.1) is 17.5 Å². The van der Waals surface area contributed by atoms with Crippen LogP contribution in [-0.4, -0.2) is 26.3 Å². The van der Waals surface area contributed by atoms with Crippen LogP contribution in [0.25, 0.3) is 0 Å². The van der Waals surface area contributed by atoms with Gasteiger partial charge in [-0.1, -0.05) is 12.1 Å². The van der Waals surface area contributed by atoms with E-state index in [0.717, 1.165) is 31.6 Å². The summed E-state index contributed by atoms with van der Waals surface area (Å²) in [6, 6.07) is 8.09. The van der Waals surface area contributed by atoms with Crippen molar-refractivity contribution in [1.29, 1.82) is 0 Å². The maximum Gasteiger partial charge on any atom is 0.0599 e. The summed E-state index contributed by atoms with van der Waals surface area (Å²) in [6.45, 7) is 2.11. The molecule has 0 bridgehead atoms. The maximum absolute atomic E-state index is 6.00. The lowest BCUT2D eigenvalue weighted by Gasteiger charge is -2.24. The van der Waals surface area contributed by atoms with E-state index in [4.69, 9.17) is 10.5 Å². The molecule has 1 saturated heterocycles. The number of benzene rings is 1. The molecular formula is C13H20N2O. The van der Waals surface area contributed by atoms with Gasteiger partial charge in [0.2, 0.25) is 0 Å². The van der Waals surface area contributed by atoms with Crippen molar-refractivity contribution in [3.63, 3.8) is 0 Å². The van der Waals surface area contributed by atoms with Crippen molar-refractivity contribution in [3.05, 3.63) is 24.3 Å². The number of nitrogens with two attached hydrogens (primary N) is 1. The summed E-state index contributed by atoms with van der Waals surface area (Å²) in [5, 5.41) is 0. The Morgan fingerprint density at radius 1 is 1.25 bits per heavy atom. The third-order valence-corrected chi connectivity index (χ3v) is 3.29. The molecule has 2 rings (SSSR count). The van der Waals surface area contributed by atoms with Gasteiger partial charge in [-0.05, 0) is 31.4 Å². The van der Waals surface area contributed by atoms with Crippen LogP contribution in [-0.2, 0) is 4.74 Å². The molecule has 88 valence electrons. The molecule has 1 aliphatic heterocycles. The monoisotopic (exact) mass is 220 g/mol. The number of nitrogens with zero attached hydrogens (tertiary/aromatic N) is 1. The summed E-state index contributed by atoms with van der Waals surface area (Å²) >= 11 is 0. The minimum absolute atomic E-state index is 0.412. The highest BCUT2D eigenvalue weighted by Gasteiger charge is 2.17. The van der Waals surface area contributed by atoms with E-state index < -0.39 is 0 Å². The number of ether oxygens (including phenoxy) is 1. The molecule has 1 aliphatic rings. The fourth-order valence-electron chi connectivity index (χ4n) is 2.32. The molecule has 3 nitrogen and oxygen atoms in total. The highest BCUT2D eigenvalue weighted by molar-refractivity contribution is 5.67. The van der Waals surface area contributed by atoms with Crippen LogP contribution in [0, 0.1) is 0 Å². The highest BCUT2D eigenvalue weighted by Crippen LogP contribution is 2.25. The van der Waals surface area contributed by atoms with E-state index in [0.29, 0.717) is 6.10 Å². The van der Waals surface area contributed by atoms with Crippen molar-refractivity contribution in [2.75, 3.05) is 30.8 Å². The summed E-state index contributed by atoms with van der Waals surface area (Å²) in [5.41, 5.74) is 8.04. The zero-order valence-corrected chi connectivity index (χ0v) is 9.86. The zero-order valence-electron chi connectivity index (χ0n) is 9.86. The molecule has 2 N–H and O–H groups in total. The summed E-state index contributed by atoms with van der Waals surface area (Å²) in [5.74, 6) is 0. The van der Waals surface area contributed by atoms with E-state index in [2.05, 4.69) is 11.0 Å². The number of hydrogen-bond acceptors (Lipinski definition) is 3. The van der Waals surface area contributed by atoms with Crippen molar-refractivity contribution < 1.29 is 4.74 Å². The molecule has 0 saturated carbocycles. The molecule has 3 heteroatoms. The van der Waals surface area contributed by atoms with E-state index in [1.165, 1.54) is 12.1 Å². The first-order valence-corrected chi connectivity index (χ1v) is 5.93. The fraction of sp³-hybridized carbons (Fsp3) is 0.538. The van der Waals surface area contributed by atoms with Crippen molar-refractivity contribution in [2.24, 2.45) is 0 Å². The number of nitrogen functional groups attached to an aromatic ring is 1. The summed E-state index contributed by atoms with van der Waals surface area (Å²) in [4.78, 5) is 2.37. The Labute approximate surface area is 97.2 Å².